The predicted molar refractivity (Wildman–Crippen MR) is 124 cm³/mol. The van der Waals surface area contributed by atoms with Gasteiger partial charge in [0.2, 0.25) is 5.91 Å². The van der Waals surface area contributed by atoms with Crippen LogP contribution in [0, 0.1) is 0 Å². The van der Waals surface area contributed by atoms with Crippen molar-refractivity contribution in [2.24, 2.45) is 0 Å². The smallest absolute Gasteiger partial charge is 0.333 e. The number of benzene rings is 1. The van der Waals surface area contributed by atoms with Crippen LogP contribution in [0.3, 0.4) is 0 Å². The number of anilines is 1. The number of fused-ring (bicyclic) bond motifs is 1. The molecular weight excluding hydrogens is 410 g/mol. The maximum Gasteiger partial charge on any atom is 0.333 e. The highest BCUT2D eigenvalue weighted by Gasteiger charge is 2.22. The molecule has 0 spiro atoms. The molecule has 32 heavy (non-hydrogen) atoms. The topological polar surface area (TPSA) is 111 Å². The molecule has 0 unspecified atom stereocenters. The van der Waals surface area contributed by atoms with Gasteiger partial charge in [0.15, 0.2) is 11.2 Å². The van der Waals surface area contributed by atoms with E-state index in [1.807, 2.05) is 39.0 Å². The molecule has 0 saturated heterocycles. The number of aromatic nitrogens is 4. The molecule has 0 radical (unpaired) electrons. The second kappa shape index (κ2) is 10.4. The summed E-state index contributed by atoms with van der Waals surface area (Å²) in [6.07, 6.45) is 3.04. The third-order valence-corrected chi connectivity index (χ3v) is 5.49. The molecule has 9 nitrogen and oxygen atoms in total. The first kappa shape index (κ1) is 23.5. The van der Waals surface area contributed by atoms with Crippen molar-refractivity contribution in [2.75, 3.05) is 5.32 Å². The maximum atomic E-state index is 13.3. The van der Waals surface area contributed by atoms with Gasteiger partial charge in [-0.25, -0.2) is 14.3 Å². The third kappa shape index (κ3) is 4.52. The van der Waals surface area contributed by atoms with Gasteiger partial charge in [-0.3, -0.25) is 14.2 Å². The molecule has 2 aromatic heterocycles. The van der Waals surface area contributed by atoms with Gasteiger partial charge >= 0.3 is 5.69 Å². The lowest BCUT2D eigenvalue weighted by atomic mass is 10.1. The molecule has 0 atom stereocenters. The summed E-state index contributed by atoms with van der Waals surface area (Å²) in [4.78, 5) is 43.8. The average Bonchev–Trinajstić information content (AvgIpc) is 3.15. The highest BCUT2D eigenvalue weighted by Crippen LogP contribution is 2.16. The molecule has 9 heteroatoms. The minimum absolute atomic E-state index is 0.244. The molecule has 3 rings (SSSR count). The monoisotopic (exact) mass is 441 g/mol. The van der Waals surface area contributed by atoms with Gasteiger partial charge in [-0.1, -0.05) is 45.4 Å². The summed E-state index contributed by atoms with van der Waals surface area (Å²) >= 11 is 0. The largest absolute Gasteiger partial charge is 0.388 e. The Hall–Kier alpha value is -3.20. The number of amides is 1. The maximum absolute atomic E-state index is 13.3. The lowest BCUT2D eigenvalue weighted by Crippen LogP contribution is -2.43. The summed E-state index contributed by atoms with van der Waals surface area (Å²) < 4.78 is 4.07. The number of unbranched alkanes of at least 4 members (excludes halogenated alkanes) is 1. The normalized spacial score (nSPS) is 11.2. The Kier molecular flexibility index (Phi) is 7.63. The fourth-order valence-electron chi connectivity index (χ4n) is 3.86. The van der Waals surface area contributed by atoms with Crippen LogP contribution >= 0.6 is 0 Å². The van der Waals surface area contributed by atoms with E-state index in [0.29, 0.717) is 24.6 Å². The number of hydrogen-bond donors (Lipinski definition) is 2. The van der Waals surface area contributed by atoms with Crippen molar-refractivity contribution in [3.05, 3.63) is 56.5 Å². The molecule has 172 valence electrons. The van der Waals surface area contributed by atoms with E-state index >= 15 is 0 Å². The zero-order chi connectivity index (χ0) is 23.3. The summed E-state index contributed by atoms with van der Waals surface area (Å²) in [5.74, 6) is -0.113. The van der Waals surface area contributed by atoms with E-state index < -0.39 is 23.7 Å². The fourth-order valence-corrected chi connectivity index (χ4v) is 3.86. The molecule has 0 aliphatic rings. The van der Waals surface area contributed by atoms with E-state index in [9.17, 15) is 19.5 Å². The Morgan fingerprint density at radius 3 is 2.44 bits per heavy atom. The molecule has 0 saturated carbocycles. The number of aryl methyl sites for hydroxylation is 3. The van der Waals surface area contributed by atoms with Crippen molar-refractivity contribution < 1.29 is 9.90 Å². The molecule has 3 aromatic rings. The number of aliphatic hydroxyl groups excluding tert-OH is 1. The van der Waals surface area contributed by atoms with Crippen molar-refractivity contribution in [3.63, 3.8) is 0 Å². The van der Waals surface area contributed by atoms with Gasteiger partial charge in [-0.15, -0.1) is 0 Å². The van der Waals surface area contributed by atoms with Crippen LogP contribution in [0.1, 0.15) is 51.4 Å². The van der Waals surface area contributed by atoms with Gasteiger partial charge < -0.3 is 15.0 Å². The Morgan fingerprint density at radius 2 is 1.78 bits per heavy atom. The molecule has 2 heterocycles. The Labute approximate surface area is 186 Å². The Morgan fingerprint density at radius 1 is 1.03 bits per heavy atom. The van der Waals surface area contributed by atoms with Crippen molar-refractivity contribution in [1.82, 2.24) is 18.7 Å². The van der Waals surface area contributed by atoms with Crippen molar-refractivity contribution in [2.45, 2.75) is 72.7 Å². The number of para-hydroxylation sites is 1. The zero-order valence-corrected chi connectivity index (χ0v) is 18.9. The van der Waals surface area contributed by atoms with Gasteiger partial charge in [0.1, 0.15) is 19.0 Å². The van der Waals surface area contributed by atoms with Gasteiger partial charge in [0.25, 0.3) is 5.56 Å². The summed E-state index contributed by atoms with van der Waals surface area (Å²) in [6, 6.07) is 7.44. The number of nitrogens with one attached hydrogen (secondary N) is 1. The second-order valence-electron chi connectivity index (χ2n) is 7.75. The fraction of sp³-hybridized carbons (Fsp3) is 0.478. The number of rotatable bonds is 10. The van der Waals surface area contributed by atoms with Crippen LogP contribution in [0.25, 0.3) is 11.2 Å². The molecular formula is C23H31N5O4. The summed E-state index contributed by atoms with van der Waals surface area (Å²) in [7, 11) is 0. The van der Waals surface area contributed by atoms with E-state index in [1.54, 1.807) is 10.6 Å². The van der Waals surface area contributed by atoms with Crippen LogP contribution in [0.2, 0.25) is 0 Å². The minimum atomic E-state index is -0.572. The lowest BCUT2D eigenvalue weighted by Gasteiger charge is -2.13. The van der Waals surface area contributed by atoms with E-state index in [0.717, 1.165) is 35.8 Å². The van der Waals surface area contributed by atoms with Crippen LogP contribution in [-0.2, 0) is 37.5 Å². The first-order chi connectivity index (χ1) is 15.5. The van der Waals surface area contributed by atoms with Crippen LogP contribution < -0.4 is 16.6 Å². The second-order valence-corrected chi connectivity index (χ2v) is 7.75. The van der Waals surface area contributed by atoms with Crippen LogP contribution in [0.4, 0.5) is 5.69 Å². The summed E-state index contributed by atoms with van der Waals surface area (Å²) in [5, 5.41) is 12.6. The number of carbonyl (C=O) groups excluding carboxylic acids is 1. The zero-order valence-electron chi connectivity index (χ0n) is 18.9. The van der Waals surface area contributed by atoms with E-state index in [1.165, 1.54) is 4.57 Å². The number of imidazole rings is 1. The first-order valence-electron chi connectivity index (χ1n) is 11.2. The standard InChI is InChI=1S/C23H31N5O4/c1-4-7-13-27-21-20(26(12-5-2)18(15-29)25-21)22(31)28(23(27)32)14-19(30)24-17-11-9-8-10-16(17)6-3/h8-11,29H,4-7,12-15H2,1-3H3,(H,24,30). The molecule has 0 fully saturated rings. The van der Waals surface area contributed by atoms with Crippen LogP contribution in [0.5, 0.6) is 0 Å². The minimum Gasteiger partial charge on any atom is -0.388 e. The Balaban J connectivity index is 2.11. The molecule has 1 amide bonds. The van der Waals surface area contributed by atoms with Gasteiger partial charge in [-0.2, -0.15) is 0 Å². The quantitative estimate of drug-likeness (QED) is 0.501. The molecule has 0 bridgehead atoms. The van der Waals surface area contributed by atoms with E-state index in [2.05, 4.69) is 10.3 Å². The molecule has 1 aromatic carbocycles. The highest BCUT2D eigenvalue weighted by molar-refractivity contribution is 5.91. The summed E-state index contributed by atoms with van der Waals surface area (Å²) in [5.41, 5.74) is 1.00. The van der Waals surface area contributed by atoms with Crippen molar-refractivity contribution >= 4 is 22.8 Å². The number of carbonyl (C=O) groups is 1. The molecule has 0 aliphatic heterocycles. The van der Waals surface area contributed by atoms with E-state index in [4.69, 9.17) is 0 Å². The van der Waals surface area contributed by atoms with Gasteiger partial charge in [0.05, 0.1) is 0 Å². The number of nitrogens with zero attached hydrogens (tertiary/aromatic N) is 4. The Bertz CT molecular complexity index is 1220. The first-order valence-corrected chi connectivity index (χ1v) is 11.2. The lowest BCUT2D eigenvalue weighted by molar-refractivity contribution is -0.116. The predicted octanol–water partition coefficient (Wildman–Crippen LogP) is 2.26. The van der Waals surface area contributed by atoms with Crippen LogP contribution in [-0.4, -0.2) is 29.7 Å². The third-order valence-electron chi connectivity index (χ3n) is 5.49. The highest BCUT2D eigenvalue weighted by atomic mass is 16.3. The van der Waals surface area contributed by atoms with Gasteiger partial charge in [0, 0.05) is 18.8 Å². The average molecular weight is 442 g/mol. The number of aliphatic hydroxyl groups is 1. The van der Waals surface area contributed by atoms with E-state index in [-0.39, 0.29) is 17.8 Å². The SMILES string of the molecule is CCCCn1c(=O)n(CC(=O)Nc2ccccc2CC)c(=O)c2c1nc(CO)n2CCC. The number of hydrogen-bond acceptors (Lipinski definition) is 5. The molecule has 0 aliphatic carbocycles. The van der Waals surface area contributed by atoms with Gasteiger partial charge in [-0.05, 0) is 30.9 Å². The summed E-state index contributed by atoms with van der Waals surface area (Å²) in [6.45, 7) is 6.06. The van der Waals surface area contributed by atoms with Crippen LogP contribution in [0.15, 0.2) is 33.9 Å². The molecule has 2 N–H and O–H groups in total. The van der Waals surface area contributed by atoms with Crippen molar-refractivity contribution in [1.29, 1.82) is 0 Å². The van der Waals surface area contributed by atoms with Crippen molar-refractivity contribution in [3.8, 4) is 0 Å².